The molecule has 0 radical (unpaired) electrons. The molecule has 0 bridgehead atoms. The van der Waals surface area contributed by atoms with Gasteiger partial charge in [0.1, 0.15) is 0 Å². The minimum atomic E-state index is 0.199. The summed E-state index contributed by atoms with van der Waals surface area (Å²) in [6.07, 6.45) is 1.98. The smallest absolute Gasteiger partial charge is 0.191 e. The lowest BCUT2D eigenvalue weighted by molar-refractivity contribution is 0.153. The Morgan fingerprint density at radius 3 is 3.00 bits per heavy atom. The van der Waals surface area contributed by atoms with Gasteiger partial charge in [-0.1, -0.05) is 5.21 Å². The number of nitrogens with zero attached hydrogens (tertiary/aromatic N) is 4. The Hall–Kier alpha value is -1.01. The predicted molar refractivity (Wildman–Crippen MR) is 44.8 cm³/mol. The molecule has 6 nitrogen and oxygen atoms in total. The summed E-state index contributed by atoms with van der Waals surface area (Å²) >= 11 is 0. The van der Waals surface area contributed by atoms with Crippen LogP contribution in [-0.4, -0.2) is 50.3 Å². The van der Waals surface area contributed by atoms with Crippen LogP contribution in [-0.2, 0) is 0 Å². The second-order valence-corrected chi connectivity index (χ2v) is 3.37. The molecule has 0 spiro atoms. The Labute approximate surface area is 75.9 Å². The van der Waals surface area contributed by atoms with Gasteiger partial charge in [-0.05, 0) is 19.9 Å². The second-order valence-electron chi connectivity index (χ2n) is 3.37. The highest BCUT2D eigenvalue weighted by Crippen LogP contribution is 2.31. The molecule has 2 N–H and O–H groups in total. The molecule has 2 heterocycles. The molecule has 0 aromatic carbocycles. The molecule has 6 heteroatoms. The minimum absolute atomic E-state index is 0.199. The summed E-state index contributed by atoms with van der Waals surface area (Å²) in [5, 5.41) is 22.9. The third-order valence-electron chi connectivity index (χ3n) is 2.71. The molecule has 72 valence electrons. The number of rotatable bonds is 2. The molecule has 0 amide bonds. The Balaban J connectivity index is 2.11. The monoisotopic (exact) mass is 183 g/mol. The maximum atomic E-state index is 9.05. The zero-order valence-corrected chi connectivity index (χ0v) is 7.51. The van der Waals surface area contributed by atoms with Crippen molar-refractivity contribution in [2.75, 3.05) is 13.7 Å². The number of aliphatic hydroxyl groups excluding tert-OH is 1. The fourth-order valence-corrected chi connectivity index (χ4v) is 1.85. The average molecular weight is 183 g/mol. The van der Waals surface area contributed by atoms with E-state index >= 15 is 0 Å². The first-order valence-electron chi connectivity index (χ1n) is 4.39. The Bertz CT molecular complexity index is 262. The number of likely N-dealkylation sites (N-methyl/N-ethyl adjacent to an activating group) is 1. The Morgan fingerprint density at radius 2 is 2.46 bits per heavy atom. The Morgan fingerprint density at radius 1 is 1.62 bits per heavy atom. The topological polar surface area (TPSA) is 77.9 Å². The molecule has 0 saturated carbocycles. The molecule has 1 aromatic heterocycles. The number of aromatic nitrogens is 4. The van der Waals surface area contributed by atoms with Crippen LogP contribution in [0, 0.1) is 0 Å². The van der Waals surface area contributed by atoms with Crippen LogP contribution in [0.25, 0.3) is 0 Å². The fourth-order valence-electron chi connectivity index (χ4n) is 1.85. The zero-order chi connectivity index (χ0) is 9.26. The van der Waals surface area contributed by atoms with E-state index in [4.69, 9.17) is 5.11 Å². The number of likely N-dealkylation sites (tertiary alicyclic amines) is 1. The van der Waals surface area contributed by atoms with Gasteiger partial charge >= 0.3 is 0 Å². The first-order chi connectivity index (χ1) is 6.33. The first kappa shape index (κ1) is 8.58. The fraction of sp³-hybridized carbons (Fsp3) is 0.857. The van der Waals surface area contributed by atoms with Crippen LogP contribution in [0.5, 0.6) is 0 Å². The quantitative estimate of drug-likeness (QED) is 0.635. The Kier molecular flexibility index (Phi) is 2.24. The molecule has 2 atom stereocenters. The van der Waals surface area contributed by atoms with Crippen LogP contribution in [0.4, 0.5) is 0 Å². The maximum Gasteiger partial charge on any atom is 0.191 e. The molecule has 1 aliphatic heterocycles. The van der Waals surface area contributed by atoms with E-state index in [-0.39, 0.29) is 18.7 Å². The zero-order valence-electron chi connectivity index (χ0n) is 7.51. The van der Waals surface area contributed by atoms with Crippen LogP contribution < -0.4 is 0 Å². The maximum absolute atomic E-state index is 9.05. The van der Waals surface area contributed by atoms with E-state index in [9.17, 15) is 0 Å². The molecule has 0 unspecified atom stereocenters. The lowest BCUT2D eigenvalue weighted by Gasteiger charge is -2.21. The molecule has 2 rings (SSSR count). The third kappa shape index (κ3) is 1.42. The van der Waals surface area contributed by atoms with E-state index in [1.165, 1.54) is 0 Å². The lowest BCUT2D eigenvalue weighted by atomic mass is 10.2. The van der Waals surface area contributed by atoms with Crippen molar-refractivity contribution in [2.24, 2.45) is 0 Å². The van der Waals surface area contributed by atoms with Crippen LogP contribution in [0.2, 0.25) is 0 Å². The van der Waals surface area contributed by atoms with Gasteiger partial charge in [0.25, 0.3) is 0 Å². The summed E-state index contributed by atoms with van der Waals surface area (Å²) in [7, 11) is 1.98. The van der Waals surface area contributed by atoms with Gasteiger partial charge in [-0.15, -0.1) is 10.2 Å². The van der Waals surface area contributed by atoms with Gasteiger partial charge in [-0.3, -0.25) is 4.90 Å². The lowest BCUT2D eigenvalue weighted by Crippen LogP contribution is -2.30. The molecular formula is C7H13N5O. The summed E-state index contributed by atoms with van der Waals surface area (Å²) in [5.74, 6) is 0.721. The van der Waals surface area contributed by atoms with Crippen molar-refractivity contribution in [1.82, 2.24) is 25.5 Å². The highest BCUT2D eigenvalue weighted by Gasteiger charge is 2.33. The van der Waals surface area contributed by atoms with Crippen molar-refractivity contribution in [3.05, 3.63) is 5.82 Å². The van der Waals surface area contributed by atoms with Gasteiger partial charge in [0.15, 0.2) is 5.82 Å². The molecular weight excluding hydrogens is 170 g/mol. The summed E-state index contributed by atoms with van der Waals surface area (Å²) in [5.41, 5.74) is 0. The van der Waals surface area contributed by atoms with Gasteiger partial charge in [0.05, 0.1) is 12.6 Å². The summed E-state index contributed by atoms with van der Waals surface area (Å²) < 4.78 is 0. The van der Waals surface area contributed by atoms with E-state index in [2.05, 4.69) is 25.5 Å². The van der Waals surface area contributed by atoms with Gasteiger partial charge in [0.2, 0.25) is 0 Å². The van der Waals surface area contributed by atoms with Crippen LogP contribution in [0.15, 0.2) is 0 Å². The molecule has 1 saturated heterocycles. The van der Waals surface area contributed by atoms with E-state index in [1.807, 2.05) is 7.05 Å². The number of aromatic amines is 1. The van der Waals surface area contributed by atoms with Crippen molar-refractivity contribution in [3.63, 3.8) is 0 Å². The minimum Gasteiger partial charge on any atom is -0.395 e. The van der Waals surface area contributed by atoms with Crippen molar-refractivity contribution in [3.8, 4) is 0 Å². The van der Waals surface area contributed by atoms with Crippen LogP contribution in [0.3, 0.4) is 0 Å². The molecule has 1 aromatic rings. The van der Waals surface area contributed by atoms with Gasteiger partial charge in [0, 0.05) is 6.04 Å². The third-order valence-corrected chi connectivity index (χ3v) is 2.71. The predicted octanol–water partition coefficient (Wildman–Crippen LogP) is -0.673. The SMILES string of the molecule is CN1[C@H](CO)CC[C@@H]1c1nn[nH]n1. The van der Waals surface area contributed by atoms with E-state index < -0.39 is 0 Å². The number of hydrogen-bond donors (Lipinski definition) is 2. The normalized spacial score (nSPS) is 29.7. The van der Waals surface area contributed by atoms with Crippen LogP contribution in [0.1, 0.15) is 24.7 Å². The highest BCUT2D eigenvalue weighted by molar-refractivity contribution is 4.96. The summed E-state index contributed by atoms with van der Waals surface area (Å²) in [4.78, 5) is 2.10. The number of hydrogen-bond acceptors (Lipinski definition) is 5. The van der Waals surface area contributed by atoms with E-state index in [0.717, 1.165) is 18.7 Å². The highest BCUT2D eigenvalue weighted by atomic mass is 16.3. The average Bonchev–Trinajstić information content (AvgIpc) is 2.72. The summed E-state index contributed by atoms with van der Waals surface area (Å²) in [6, 6.07) is 0.444. The number of H-pyrrole nitrogens is 1. The number of nitrogens with one attached hydrogen (secondary N) is 1. The van der Waals surface area contributed by atoms with Crippen molar-refractivity contribution in [1.29, 1.82) is 0 Å². The largest absolute Gasteiger partial charge is 0.395 e. The van der Waals surface area contributed by atoms with Crippen LogP contribution >= 0.6 is 0 Å². The molecule has 13 heavy (non-hydrogen) atoms. The van der Waals surface area contributed by atoms with Gasteiger partial charge in [-0.2, -0.15) is 5.21 Å². The number of aliphatic hydroxyl groups is 1. The standard InChI is InChI=1S/C7H13N5O/c1-12-5(4-13)2-3-6(12)7-8-10-11-9-7/h5-6,13H,2-4H2,1H3,(H,8,9,10,11)/t5-,6+/m0/s1. The molecule has 0 aliphatic carbocycles. The molecule has 1 fully saturated rings. The number of tetrazole rings is 1. The van der Waals surface area contributed by atoms with E-state index in [0.29, 0.717) is 0 Å². The van der Waals surface area contributed by atoms with Gasteiger partial charge in [-0.25, -0.2) is 0 Å². The second kappa shape index (κ2) is 3.39. The first-order valence-corrected chi connectivity index (χ1v) is 4.39. The van der Waals surface area contributed by atoms with E-state index in [1.54, 1.807) is 0 Å². The van der Waals surface area contributed by atoms with Crippen molar-refractivity contribution in [2.45, 2.75) is 24.9 Å². The summed E-state index contributed by atoms with van der Waals surface area (Å²) in [6.45, 7) is 0.199. The van der Waals surface area contributed by atoms with Crippen molar-refractivity contribution >= 4 is 0 Å². The molecule has 1 aliphatic rings. The van der Waals surface area contributed by atoms with Crippen molar-refractivity contribution < 1.29 is 5.11 Å². The van der Waals surface area contributed by atoms with Gasteiger partial charge < -0.3 is 5.11 Å².